The van der Waals surface area contributed by atoms with Crippen LogP contribution in [0.2, 0.25) is 0 Å². The second-order valence-corrected chi connectivity index (χ2v) is 5.53. The molecular weight excluding hydrogens is 339 g/mol. The lowest BCUT2D eigenvalue weighted by atomic mass is 10.1. The predicted octanol–water partition coefficient (Wildman–Crippen LogP) is 4.23. The summed E-state index contributed by atoms with van der Waals surface area (Å²) < 4.78 is 25.0. The maximum Gasteiger partial charge on any atom is 0.165 e. The van der Waals surface area contributed by atoms with E-state index in [2.05, 4.69) is 15.9 Å². The third-order valence-corrected chi connectivity index (χ3v) is 3.53. The van der Waals surface area contributed by atoms with E-state index < -0.39 is 11.9 Å². The Morgan fingerprint density at radius 2 is 1.95 bits per heavy atom. The van der Waals surface area contributed by atoms with E-state index in [1.165, 1.54) is 13.2 Å². The van der Waals surface area contributed by atoms with Crippen LogP contribution in [0.25, 0.3) is 0 Å². The molecule has 0 aromatic heterocycles. The van der Waals surface area contributed by atoms with Gasteiger partial charge in [0.1, 0.15) is 12.4 Å². The second kappa shape index (κ2) is 6.91. The van der Waals surface area contributed by atoms with Gasteiger partial charge in [-0.3, -0.25) is 0 Å². The van der Waals surface area contributed by atoms with Crippen molar-refractivity contribution < 1.29 is 19.0 Å². The molecule has 0 saturated carbocycles. The maximum absolute atomic E-state index is 13.6. The lowest BCUT2D eigenvalue weighted by molar-refractivity contribution is 0.190. The maximum atomic E-state index is 13.6. The highest BCUT2D eigenvalue weighted by Gasteiger charge is 2.11. The molecule has 21 heavy (non-hydrogen) atoms. The van der Waals surface area contributed by atoms with E-state index in [0.717, 1.165) is 4.47 Å². The summed E-state index contributed by atoms with van der Waals surface area (Å²) >= 11 is 3.36. The number of methoxy groups -OCH3 is 1. The van der Waals surface area contributed by atoms with E-state index in [-0.39, 0.29) is 12.4 Å². The van der Waals surface area contributed by atoms with E-state index in [9.17, 15) is 9.50 Å². The van der Waals surface area contributed by atoms with Gasteiger partial charge in [-0.1, -0.05) is 28.1 Å². The van der Waals surface area contributed by atoms with Gasteiger partial charge in [0.05, 0.1) is 13.2 Å². The molecule has 5 heteroatoms. The van der Waals surface area contributed by atoms with Crippen molar-refractivity contribution in [1.29, 1.82) is 0 Å². The number of aliphatic hydroxyl groups is 1. The molecule has 1 atom stereocenters. The highest BCUT2D eigenvalue weighted by Crippen LogP contribution is 2.29. The highest BCUT2D eigenvalue weighted by molar-refractivity contribution is 9.10. The average molecular weight is 355 g/mol. The summed E-state index contributed by atoms with van der Waals surface area (Å²) in [4.78, 5) is 0. The topological polar surface area (TPSA) is 38.7 Å². The quantitative estimate of drug-likeness (QED) is 0.873. The van der Waals surface area contributed by atoms with Crippen molar-refractivity contribution in [2.24, 2.45) is 0 Å². The summed E-state index contributed by atoms with van der Waals surface area (Å²) in [5.41, 5.74) is 1.37. The molecule has 0 saturated heterocycles. The van der Waals surface area contributed by atoms with Crippen molar-refractivity contribution in [2.45, 2.75) is 19.6 Å². The van der Waals surface area contributed by atoms with Crippen LogP contribution in [0.15, 0.2) is 40.9 Å². The first-order chi connectivity index (χ1) is 10.0. The molecule has 2 aromatic rings. The van der Waals surface area contributed by atoms with Crippen molar-refractivity contribution in [3.05, 3.63) is 57.8 Å². The smallest absolute Gasteiger partial charge is 0.165 e. The fourth-order valence-corrected chi connectivity index (χ4v) is 2.28. The fourth-order valence-electron chi connectivity index (χ4n) is 1.94. The van der Waals surface area contributed by atoms with Gasteiger partial charge >= 0.3 is 0 Å². The minimum atomic E-state index is -0.638. The van der Waals surface area contributed by atoms with Gasteiger partial charge in [-0.05, 0) is 36.8 Å². The highest BCUT2D eigenvalue weighted by atomic mass is 79.9. The van der Waals surface area contributed by atoms with Gasteiger partial charge in [-0.25, -0.2) is 4.39 Å². The van der Waals surface area contributed by atoms with Crippen LogP contribution in [0.4, 0.5) is 4.39 Å². The molecule has 3 nitrogen and oxygen atoms in total. The van der Waals surface area contributed by atoms with Crippen LogP contribution >= 0.6 is 15.9 Å². The standard InChI is InChI=1S/C16H16BrFO3/c1-10(19)13-5-4-12(17)8-16(13)21-9-11-3-6-15(20-2)14(18)7-11/h3-8,10,19H,9H2,1-2H3. The van der Waals surface area contributed by atoms with Crippen molar-refractivity contribution in [3.63, 3.8) is 0 Å². The van der Waals surface area contributed by atoms with Gasteiger partial charge in [-0.2, -0.15) is 0 Å². The Kier molecular flexibility index (Phi) is 5.20. The zero-order valence-corrected chi connectivity index (χ0v) is 13.4. The van der Waals surface area contributed by atoms with Crippen LogP contribution in [0, 0.1) is 5.82 Å². The molecule has 0 aliphatic carbocycles. The molecular formula is C16H16BrFO3. The number of benzene rings is 2. The van der Waals surface area contributed by atoms with Crippen molar-refractivity contribution in [1.82, 2.24) is 0 Å². The minimum Gasteiger partial charge on any atom is -0.494 e. The molecule has 112 valence electrons. The van der Waals surface area contributed by atoms with Gasteiger partial charge < -0.3 is 14.6 Å². The lowest BCUT2D eigenvalue weighted by Gasteiger charge is -2.14. The monoisotopic (exact) mass is 354 g/mol. The van der Waals surface area contributed by atoms with Crippen LogP contribution in [-0.4, -0.2) is 12.2 Å². The van der Waals surface area contributed by atoms with Gasteiger partial charge in [-0.15, -0.1) is 0 Å². The van der Waals surface area contributed by atoms with Crippen LogP contribution in [0.3, 0.4) is 0 Å². The molecule has 0 radical (unpaired) electrons. The molecule has 1 N–H and O–H groups in total. The fraction of sp³-hybridized carbons (Fsp3) is 0.250. The molecule has 0 bridgehead atoms. The number of ether oxygens (including phenoxy) is 2. The first-order valence-electron chi connectivity index (χ1n) is 6.44. The van der Waals surface area contributed by atoms with Crippen LogP contribution in [0.5, 0.6) is 11.5 Å². The molecule has 0 aliphatic rings. The average Bonchev–Trinajstić information content (AvgIpc) is 2.45. The summed E-state index contributed by atoms with van der Waals surface area (Å²) in [5, 5.41) is 9.73. The number of hydrogen-bond donors (Lipinski definition) is 1. The van der Waals surface area contributed by atoms with Gasteiger partial charge in [0.15, 0.2) is 11.6 Å². The Hall–Kier alpha value is -1.59. The Morgan fingerprint density at radius 3 is 2.57 bits per heavy atom. The first-order valence-corrected chi connectivity index (χ1v) is 7.23. The third kappa shape index (κ3) is 3.95. The lowest BCUT2D eigenvalue weighted by Crippen LogP contribution is -2.01. The number of aliphatic hydroxyl groups excluding tert-OH is 1. The van der Waals surface area contributed by atoms with E-state index in [1.807, 2.05) is 6.07 Å². The van der Waals surface area contributed by atoms with Gasteiger partial charge in [0.25, 0.3) is 0 Å². The van der Waals surface area contributed by atoms with Gasteiger partial charge in [0.2, 0.25) is 0 Å². The molecule has 1 unspecified atom stereocenters. The Balaban J connectivity index is 2.16. The zero-order valence-electron chi connectivity index (χ0n) is 11.8. The van der Waals surface area contributed by atoms with Crippen LogP contribution < -0.4 is 9.47 Å². The summed E-state index contributed by atoms with van der Waals surface area (Å²) in [5.74, 6) is 0.338. The normalized spacial score (nSPS) is 12.0. The molecule has 0 amide bonds. The number of hydrogen-bond acceptors (Lipinski definition) is 3. The Morgan fingerprint density at radius 1 is 1.19 bits per heavy atom. The van der Waals surface area contributed by atoms with Crippen molar-refractivity contribution in [3.8, 4) is 11.5 Å². The van der Waals surface area contributed by atoms with Crippen LogP contribution in [-0.2, 0) is 6.61 Å². The summed E-state index contributed by atoms with van der Waals surface area (Å²) in [6.07, 6.45) is -0.638. The minimum absolute atomic E-state index is 0.200. The summed E-state index contributed by atoms with van der Waals surface area (Å²) in [6, 6.07) is 10.1. The van der Waals surface area contributed by atoms with E-state index in [0.29, 0.717) is 16.9 Å². The molecule has 2 rings (SSSR count). The zero-order chi connectivity index (χ0) is 15.4. The Bertz CT molecular complexity index is 629. The first kappa shape index (κ1) is 15.8. The molecule has 0 heterocycles. The van der Waals surface area contributed by atoms with E-state index in [1.54, 1.807) is 31.2 Å². The molecule has 0 spiro atoms. The van der Waals surface area contributed by atoms with E-state index in [4.69, 9.17) is 9.47 Å². The van der Waals surface area contributed by atoms with Gasteiger partial charge in [0, 0.05) is 10.0 Å². The molecule has 0 aliphatic heterocycles. The summed E-state index contributed by atoms with van der Waals surface area (Å²) in [7, 11) is 1.42. The number of halogens is 2. The van der Waals surface area contributed by atoms with Crippen molar-refractivity contribution >= 4 is 15.9 Å². The van der Waals surface area contributed by atoms with Crippen LogP contribution in [0.1, 0.15) is 24.2 Å². The second-order valence-electron chi connectivity index (χ2n) is 4.62. The summed E-state index contributed by atoms with van der Waals surface area (Å²) in [6.45, 7) is 1.88. The third-order valence-electron chi connectivity index (χ3n) is 3.04. The molecule has 2 aromatic carbocycles. The number of rotatable bonds is 5. The SMILES string of the molecule is COc1ccc(COc2cc(Br)ccc2C(C)O)cc1F. The van der Waals surface area contributed by atoms with Crippen molar-refractivity contribution in [2.75, 3.05) is 7.11 Å². The predicted molar refractivity (Wildman–Crippen MR) is 82.1 cm³/mol. The van der Waals surface area contributed by atoms with E-state index >= 15 is 0 Å². The molecule has 0 fully saturated rings. The largest absolute Gasteiger partial charge is 0.494 e. The Labute approximate surface area is 131 Å².